The first-order valence-electron chi connectivity index (χ1n) is 7.88. The molecule has 1 fully saturated rings. The lowest BCUT2D eigenvalue weighted by Crippen LogP contribution is -2.40. The highest BCUT2D eigenvalue weighted by atomic mass is 35.5. The van der Waals surface area contributed by atoms with Crippen molar-refractivity contribution in [2.45, 2.75) is 56.9 Å². The Morgan fingerprint density at radius 2 is 2.05 bits per heavy atom. The van der Waals surface area contributed by atoms with Crippen molar-refractivity contribution in [1.29, 1.82) is 0 Å². The highest BCUT2D eigenvalue weighted by Crippen LogP contribution is 2.29. The number of nitrogens with one attached hydrogen (secondary N) is 1. The molecule has 4 nitrogen and oxygen atoms in total. The summed E-state index contributed by atoms with van der Waals surface area (Å²) >= 11 is 6.06. The lowest BCUT2D eigenvalue weighted by Gasteiger charge is -2.29. The fourth-order valence-electron chi connectivity index (χ4n) is 2.73. The van der Waals surface area contributed by atoms with Crippen LogP contribution in [0.1, 0.15) is 46.0 Å². The Morgan fingerprint density at radius 3 is 2.73 bits per heavy atom. The molecule has 0 radical (unpaired) electrons. The molecule has 1 aromatic rings. The predicted octanol–water partition coefficient (Wildman–Crippen LogP) is 3.99. The lowest BCUT2D eigenvalue weighted by molar-refractivity contribution is 0.310. The molecule has 22 heavy (non-hydrogen) atoms. The maximum absolute atomic E-state index is 12.6. The molecule has 1 aliphatic carbocycles. The summed E-state index contributed by atoms with van der Waals surface area (Å²) in [5.74, 6) is 0.787. The normalized spacial score (nSPS) is 22.5. The zero-order chi connectivity index (χ0) is 16.2. The monoisotopic (exact) mass is 345 g/mol. The van der Waals surface area contributed by atoms with Gasteiger partial charge in [-0.25, -0.2) is 13.1 Å². The second-order valence-electron chi connectivity index (χ2n) is 5.93. The van der Waals surface area contributed by atoms with E-state index in [2.05, 4.69) is 11.6 Å². The number of halogens is 1. The van der Waals surface area contributed by atoms with Crippen LogP contribution in [0, 0.1) is 5.92 Å². The lowest BCUT2D eigenvalue weighted by atomic mass is 9.87. The summed E-state index contributed by atoms with van der Waals surface area (Å²) in [6.45, 7) is 4.60. The molecule has 0 bridgehead atoms. The molecule has 0 heterocycles. The first kappa shape index (κ1) is 17.6. The molecule has 1 aromatic carbocycles. The van der Waals surface area contributed by atoms with E-state index in [0.29, 0.717) is 23.3 Å². The van der Waals surface area contributed by atoms with Gasteiger partial charge in [0.15, 0.2) is 0 Å². The molecule has 0 spiro atoms. The van der Waals surface area contributed by atoms with Crippen molar-refractivity contribution in [3.8, 4) is 5.75 Å². The van der Waals surface area contributed by atoms with Crippen LogP contribution in [0.15, 0.2) is 23.1 Å². The van der Waals surface area contributed by atoms with E-state index in [-0.39, 0.29) is 10.9 Å². The first-order valence-corrected chi connectivity index (χ1v) is 9.75. The van der Waals surface area contributed by atoms with Gasteiger partial charge in [-0.05, 0) is 37.3 Å². The maximum Gasteiger partial charge on any atom is 0.240 e. The molecular formula is C16H24ClNO3S. The Bertz CT molecular complexity index is 603. The van der Waals surface area contributed by atoms with E-state index in [0.717, 1.165) is 25.7 Å². The molecule has 1 N–H and O–H groups in total. The Labute approximate surface area is 138 Å². The Kier molecular flexibility index (Phi) is 6.12. The zero-order valence-electron chi connectivity index (χ0n) is 13.1. The largest absolute Gasteiger partial charge is 0.492 e. The molecule has 124 valence electrons. The van der Waals surface area contributed by atoms with E-state index < -0.39 is 10.0 Å². The summed E-state index contributed by atoms with van der Waals surface area (Å²) in [4.78, 5) is 0.209. The van der Waals surface area contributed by atoms with Gasteiger partial charge in [0.25, 0.3) is 0 Å². The van der Waals surface area contributed by atoms with Crippen molar-refractivity contribution in [3.05, 3.63) is 23.2 Å². The molecule has 2 rings (SSSR count). The zero-order valence-corrected chi connectivity index (χ0v) is 14.7. The fraction of sp³-hybridized carbons (Fsp3) is 0.625. The van der Waals surface area contributed by atoms with Crippen molar-refractivity contribution in [1.82, 2.24) is 4.72 Å². The number of hydrogen-bond donors (Lipinski definition) is 1. The molecule has 0 saturated heterocycles. The molecule has 1 aliphatic rings. The number of sulfonamides is 1. The average Bonchev–Trinajstić information content (AvgIpc) is 2.48. The highest BCUT2D eigenvalue weighted by Gasteiger charge is 2.27. The molecule has 1 saturated carbocycles. The van der Waals surface area contributed by atoms with Crippen LogP contribution in [0.4, 0.5) is 0 Å². The molecule has 2 atom stereocenters. The summed E-state index contributed by atoms with van der Waals surface area (Å²) in [6, 6.07) is 4.62. The van der Waals surface area contributed by atoms with Crippen molar-refractivity contribution in [2.75, 3.05) is 6.61 Å². The molecule has 0 amide bonds. The van der Waals surface area contributed by atoms with E-state index in [4.69, 9.17) is 16.3 Å². The van der Waals surface area contributed by atoms with Crippen LogP contribution in [-0.4, -0.2) is 21.1 Å². The minimum absolute atomic E-state index is 0.00874. The second-order valence-corrected chi connectivity index (χ2v) is 8.05. The Hall–Kier alpha value is -0.780. The summed E-state index contributed by atoms with van der Waals surface area (Å²) in [6.07, 6.45) is 5.05. The first-order chi connectivity index (χ1) is 10.4. The van der Waals surface area contributed by atoms with Gasteiger partial charge in [-0.15, -0.1) is 0 Å². The standard InChI is InChI=1S/C16H24ClNO3S/c1-3-10-21-16-11-13(8-9-14(16)17)22(19,20)18-15-7-5-4-6-12(15)2/h8-9,11-12,15,18H,3-7,10H2,1-2H3/t12-,15+/m1/s1. The van der Waals surface area contributed by atoms with Gasteiger partial charge in [0.05, 0.1) is 16.5 Å². The quantitative estimate of drug-likeness (QED) is 0.848. The van der Waals surface area contributed by atoms with Gasteiger partial charge < -0.3 is 4.74 Å². The third-order valence-corrected chi connectivity index (χ3v) is 5.89. The summed E-state index contributed by atoms with van der Waals surface area (Å²) < 4.78 is 33.5. The minimum Gasteiger partial charge on any atom is -0.492 e. The van der Waals surface area contributed by atoms with E-state index in [9.17, 15) is 8.42 Å². The van der Waals surface area contributed by atoms with Gasteiger partial charge in [-0.2, -0.15) is 0 Å². The minimum atomic E-state index is -3.55. The van der Waals surface area contributed by atoms with E-state index in [1.165, 1.54) is 18.6 Å². The molecule has 0 aromatic heterocycles. The summed E-state index contributed by atoms with van der Waals surface area (Å²) in [7, 11) is -3.55. The van der Waals surface area contributed by atoms with Crippen LogP contribution in [-0.2, 0) is 10.0 Å². The van der Waals surface area contributed by atoms with Crippen LogP contribution in [0.5, 0.6) is 5.75 Å². The van der Waals surface area contributed by atoms with Crippen molar-refractivity contribution < 1.29 is 13.2 Å². The summed E-state index contributed by atoms with van der Waals surface area (Å²) in [5, 5.41) is 0.429. The van der Waals surface area contributed by atoms with Crippen LogP contribution in [0.3, 0.4) is 0 Å². The van der Waals surface area contributed by atoms with Crippen LogP contribution < -0.4 is 9.46 Å². The topological polar surface area (TPSA) is 55.4 Å². The summed E-state index contributed by atoms with van der Waals surface area (Å²) in [5.41, 5.74) is 0. The van der Waals surface area contributed by atoms with E-state index >= 15 is 0 Å². The van der Waals surface area contributed by atoms with Crippen molar-refractivity contribution in [3.63, 3.8) is 0 Å². The molecule has 0 unspecified atom stereocenters. The third-order valence-electron chi connectivity index (χ3n) is 4.09. The Balaban J connectivity index is 2.17. The highest BCUT2D eigenvalue weighted by molar-refractivity contribution is 7.89. The maximum atomic E-state index is 12.6. The third kappa shape index (κ3) is 4.37. The van der Waals surface area contributed by atoms with Gasteiger partial charge in [0.1, 0.15) is 5.75 Å². The van der Waals surface area contributed by atoms with Crippen LogP contribution >= 0.6 is 11.6 Å². The predicted molar refractivity (Wildman–Crippen MR) is 89.0 cm³/mol. The van der Waals surface area contributed by atoms with E-state index in [1.54, 1.807) is 6.07 Å². The van der Waals surface area contributed by atoms with E-state index in [1.807, 2.05) is 6.92 Å². The van der Waals surface area contributed by atoms with Gasteiger partial charge >= 0.3 is 0 Å². The number of benzene rings is 1. The number of rotatable bonds is 6. The number of ether oxygens (including phenoxy) is 1. The Morgan fingerprint density at radius 1 is 1.32 bits per heavy atom. The van der Waals surface area contributed by atoms with Gasteiger partial charge in [-0.1, -0.05) is 38.3 Å². The van der Waals surface area contributed by atoms with Gasteiger partial charge in [0.2, 0.25) is 10.0 Å². The van der Waals surface area contributed by atoms with Crippen molar-refractivity contribution >= 4 is 21.6 Å². The molecule has 0 aliphatic heterocycles. The molecular weight excluding hydrogens is 322 g/mol. The second kappa shape index (κ2) is 7.66. The van der Waals surface area contributed by atoms with Gasteiger partial charge in [-0.3, -0.25) is 0 Å². The fourth-order valence-corrected chi connectivity index (χ4v) is 4.30. The van der Waals surface area contributed by atoms with Crippen LogP contribution in [0.25, 0.3) is 0 Å². The smallest absolute Gasteiger partial charge is 0.240 e. The number of hydrogen-bond acceptors (Lipinski definition) is 3. The van der Waals surface area contributed by atoms with Crippen molar-refractivity contribution in [2.24, 2.45) is 5.92 Å². The molecule has 6 heteroatoms. The van der Waals surface area contributed by atoms with Crippen LogP contribution in [0.2, 0.25) is 5.02 Å². The average molecular weight is 346 g/mol. The SMILES string of the molecule is CCCOc1cc(S(=O)(=O)N[C@H]2CCCC[C@H]2C)ccc1Cl. The van der Waals surface area contributed by atoms with Gasteiger partial charge in [0, 0.05) is 12.1 Å².